The minimum absolute atomic E-state index is 0.0848. The molecule has 0 spiro atoms. The second-order valence-electron chi connectivity index (χ2n) is 4.31. The number of nitrogens with zero attached hydrogens (tertiary/aromatic N) is 3. The Morgan fingerprint density at radius 2 is 1.89 bits per heavy atom. The summed E-state index contributed by atoms with van der Waals surface area (Å²) in [7, 11) is 1.72. The molecule has 1 aromatic carbocycles. The van der Waals surface area contributed by atoms with Gasteiger partial charge in [0.2, 0.25) is 5.28 Å². The molecule has 0 saturated carbocycles. The number of aromatic nitrogens is 2. The van der Waals surface area contributed by atoms with E-state index in [0.717, 1.165) is 11.3 Å². The van der Waals surface area contributed by atoms with E-state index in [1.165, 1.54) is 0 Å². The fourth-order valence-electron chi connectivity index (χ4n) is 1.86. The van der Waals surface area contributed by atoms with Crippen LogP contribution in [0.1, 0.15) is 21.7 Å². The monoisotopic (exact) mass is 275 g/mol. The molecule has 0 N–H and O–H groups in total. The minimum Gasteiger partial charge on any atom is -0.310 e. The summed E-state index contributed by atoms with van der Waals surface area (Å²) in [6.45, 7) is 3.73. The lowest BCUT2D eigenvalue weighted by atomic mass is 10.2. The van der Waals surface area contributed by atoms with E-state index in [1.807, 2.05) is 31.2 Å². The maximum atomic E-state index is 12.4. The molecule has 0 atom stereocenters. The smallest absolute Gasteiger partial charge is 0.276 e. The molecular formula is C14H14ClN3O. The van der Waals surface area contributed by atoms with Gasteiger partial charge < -0.3 is 4.90 Å². The zero-order valence-corrected chi connectivity index (χ0v) is 11.8. The first kappa shape index (κ1) is 13.5. The van der Waals surface area contributed by atoms with Crippen molar-refractivity contribution in [3.05, 3.63) is 52.6 Å². The Hall–Kier alpha value is -1.94. The molecule has 2 rings (SSSR count). The molecule has 4 nitrogen and oxygen atoms in total. The van der Waals surface area contributed by atoms with Crippen LogP contribution in [-0.4, -0.2) is 22.9 Å². The van der Waals surface area contributed by atoms with Crippen molar-refractivity contribution in [2.24, 2.45) is 0 Å². The van der Waals surface area contributed by atoms with Gasteiger partial charge >= 0.3 is 0 Å². The second kappa shape index (κ2) is 5.36. The van der Waals surface area contributed by atoms with Crippen molar-refractivity contribution in [2.75, 3.05) is 11.9 Å². The summed E-state index contributed by atoms with van der Waals surface area (Å²) in [5, 5.41) is 0.0848. The standard InChI is InChI=1S/C14H14ClN3O/c1-9-6-4-5-7-12(9)18(3)13(19)11-8-10(2)16-14(15)17-11/h4-8H,1-3H3. The average Bonchev–Trinajstić information content (AvgIpc) is 2.36. The van der Waals surface area contributed by atoms with Crippen molar-refractivity contribution in [3.63, 3.8) is 0 Å². The normalized spacial score (nSPS) is 10.3. The summed E-state index contributed by atoms with van der Waals surface area (Å²) < 4.78 is 0. The number of anilines is 1. The Labute approximate surface area is 117 Å². The Morgan fingerprint density at radius 3 is 2.53 bits per heavy atom. The summed E-state index contributed by atoms with van der Waals surface area (Å²) in [5.74, 6) is -0.207. The third kappa shape index (κ3) is 2.90. The van der Waals surface area contributed by atoms with Crippen molar-refractivity contribution in [2.45, 2.75) is 13.8 Å². The van der Waals surface area contributed by atoms with Gasteiger partial charge in [-0.25, -0.2) is 9.97 Å². The lowest BCUT2D eigenvalue weighted by Crippen LogP contribution is -2.28. The number of aryl methyl sites for hydroxylation is 2. The van der Waals surface area contributed by atoms with E-state index in [-0.39, 0.29) is 11.2 Å². The van der Waals surface area contributed by atoms with Gasteiger partial charge in [-0.15, -0.1) is 0 Å². The van der Waals surface area contributed by atoms with Gasteiger partial charge in [0.15, 0.2) is 0 Å². The van der Waals surface area contributed by atoms with E-state index >= 15 is 0 Å². The van der Waals surface area contributed by atoms with Gasteiger partial charge in [0.1, 0.15) is 5.69 Å². The molecule has 0 aliphatic rings. The first-order valence-corrected chi connectivity index (χ1v) is 6.21. The second-order valence-corrected chi connectivity index (χ2v) is 4.65. The Bertz CT molecular complexity index is 608. The van der Waals surface area contributed by atoms with Crippen LogP contribution in [0.15, 0.2) is 30.3 Å². The van der Waals surface area contributed by atoms with Crippen LogP contribution in [0.5, 0.6) is 0 Å². The van der Waals surface area contributed by atoms with E-state index in [9.17, 15) is 4.79 Å². The molecule has 1 heterocycles. The van der Waals surface area contributed by atoms with Crippen LogP contribution in [0, 0.1) is 13.8 Å². The van der Waals surface area contributed by atoms with Crippen molar-refractivity contribution >= 4 is 23.2 Å². The summed E-state index contributed by atoms with van der Waals surface area (Å²) in [5.41, 5.74) is 2.83. The molecule has 0 aliphatic heterocycles. The highest BCUT2D eigenvalue weighted by molar-refractivity contribution is 6.28. The zero-order valence-electron chi connectivity index (χ0n) is 11.0. The molecule has 0 unspecified atom stereocenters. The zero-order chi connectivity index (χ0) is 14.0. The van der Waals surface area contributed by atoms with Crippen LogP contribution in [0.25, 0.3) is 0 Å². The van der Waals surface area contributed by atoms with Crippen LogP contribution in [0.3, 0.4) is 0 Å². The van der Waals surface area contributed by atoms with Crippen LogP contribution in [-0.2, 0) is 0 Å². The summed E-state index contributed by atoms with van der Waals surface area (Å²) in [6, 6.07) is 9.30. The van der Waals surface area contributed by atoms with Crippen LogP contribution >= 0.6 is 11.6 Å². The van der Waals surface area contributed by atoms with Gasteiger partial charge in [0, 0.05) is 18.4 Å². The lowest BCUT2D eigenvalue weighted by Gasteiger charge is -2.19. The molecule has 98 valence electrons. The van der Waals surface area contributed by atoms with Gasteiger partial charge in [-0.2, -0.15) is 0 Å². The summed E-state index contributed by atoms with van der Waals surface area (Å²) in [4.78, 5) is 21.9. The third-order valence-electron chi connectivity index (χ3n) is 2.83. The molecule has 0 aliphatic carbocycles. The number of halogens is 1. The quantitative estimate of drug-likeness (QED) is 0.792. The molecule has 1 aromatic heterocycles. The van der Waals surface area contributed by atoms with Crippen LogP contribution < -0.4 is 4.90 Å². The van der Waals surface area contributed by atoms with E-state index < -0.39 is 0 Å². The highest BCUT2D eigenvalue weighted by Gasteiger charge is 2.17. The van der Waals surface area contributed by atoms with E-state index in [4.69, 9.17) is 11.6 Å². The Morgan fingerprint density at radius 1 is 1.21 bits per heavy atom. The summed E-state index contributed by atoms with van der Waals surface area (Å²) >= 11 is 5.78. The number of benzene rings is 1. The van der Waals surface area contributed by atoms with E-state index in [0.29, 0.717) is 11.4 Å². The number of amides is 1. The lowest BCUT2D eigenvalue weighted by molar-refractivity contribution is 0.0988. The van der Waals surface area contributed by atoms with E-state index in [1.54, 1.807) is 24.9 Å². The Balaban J connectivity index is 2.36. The molecule has 2 aromatic rings. The topological polar surface area (TPSA) is 46.1 Å². The third-order valence-corrected chi connectivity index (χ3v) is 3.00. The molecule has 19 heavy (non-hydrogen) atoms. The summed E-state index contributed by atoms with van der Waals surface area (Å²) in [6.07, 6.45) is 0. The minimum atomic E-state index is -0.207. The molecule has 5 heteroatoms. The predicted octanol–water partition coefficient (Wildman–Crippen LogP) is 3.02. The molecule has 0 fully saturated rings. The fraction of sp³-hybridized carbons (Fsp3) is 0.214. The van der Waals surface area contributed by atoms with E-state index in [2.05, 4.69) is 9.97 Å². The number of hydrogen-bond donors (Lipinski definition) is 0. The molecular weight excluding hydrogens is 262 g/mol. The van der Waals surface area contributed by atoms with Gasteiger partial charge in [0.25, 0.3) is 5.91 Å². The first-order valence-electron chi connectivity index (χ1n) is 5.84. The molecule has 0 saturated heterocycles. The molecule has 1 amide bonds. The van der Waals surface area contributed by atoms with Crippen molar-refractivity contribution in [1.29, 1.82) is 0 Å². The number of para-hydroxylation sites is 1. The van der Waals surface area contributed by atoms with Crippen molar-refractivity contribution in [1.82, 2.24) is 9.97 Å². The van der Waals surface area contributed by atoms with Crippen molar-refractivity contribution < 1.29 is 4.79 Å². The molecule has 0 radical (unpaired) electrons. The maximum Gasteiger partial charge on any atom is 0.276 e. The SMILES string of the molecule is Cc1cc(C(=O)N(C)c2ccccc2C)nc(Cl)n1. The number of carbonyl (C=O) groups excluding carboxylic acids is 1. The van der Waals surface area contributed by atoms with Crippen LogP contribution in [0.4, 0.5) is 5.69 Å². The van der Waals surface area contributed by atoms with Crippen LogP contribution in [0.2, 0.25) is 5.28 Å². The number of carbonyl (C=O) groups is 1. The highest BCUT2D eigenvalue weighted by atomic mass is 35.5. The Kier molecular flexibility index (Phi) is 3.81. The van der Waals surface area contributed by atoms with Gasteiger partial charge in [-0.05, 0) is 43.1 Å². The van der Waals surface area contributed by atoms with Crippen molar-refractivity contribution in [3.8, 4) is 0 Å². The largest absolute Gasteiger partial charge is 0.310 e. The van der Waals surface area contributed by atoms with Gasteiger partial charge in [-0.3, -0.25) is 4.79 Å². The highest BCUT2D eigenvalue weighted by Crippen LogP contribution is 2.20. The first-order chi connectivity index (χ1) is 8.99. The molecule has 0 bridgehead atoms. The average molecular weight is 276 g/mol. The fourth-order valence-corrected chi connectivity index (χ4v) is 2.09. The van der Waals surface area contributed by atoms with Gasteiger partial charge in [-0.1, -0.05) is 18.2 Å². The maximum absolute atomic E-state index is 12.4. The number of hydrogen-bond acceptors (Lipinski definition) is 3. The van der Waals surface area contributed by atoms with Gasteiger partial charge in [0.05, 0.1) is 0 Å². The number of rotatable bonds is 2. The predicted molar refractivity (Wildman–Crippen MR) is 75.7 cm³/mol.